The summed E-state index contributed by atoms with van der Waals surface area (Å²) in [6.07, 6.45) is 8.47. The minimum Gasteiger partial charge on any atom is -0.382 e. The van der Waals surface area contributed by atoms with E-state index in [1.807, 2.05) is 0 Å². The molecule has 37 heavy (non-hydrogen) atoms. The van der Waals surface area contributed by atoms with E-state index in [0.717, 1.165) is 18.2 Å². The van der Waals surface area contributed by atoms with Crippen molar-refractivity contribution in [2.45, 2.75) is 35.9 Å². The largest absolute Gasteiger partial charge is 0.382 e. The van der Waals surface area contributed by atoms with Gasteiger partial charge in [-0.2, -0.15) is 5.10 Å². The number of aromatic nitrogens is 3. The first kappa shape index (κ1) is 27.1. The number of hydrogen-bond donors (Lipinski definition) is 1. The Morgan fingerprint density at radius 2 is 1.78 bits per heavy atom. The summed E-state index contributed by atoms with van der Waals surface area (Å²) in [5.74, 6) is -2.90. The van der Waals surface area contributed by atoms with Gasteiger partial charge in [0, 0.05) is 28.5 Å². The molecular weight excluding hydrogens is 510 g/mol. The van der Waals surface area contributed by atoms with E-state index >= 15 is 0 Å². The molecule has 0 unspecified atom stereocenters. The Hall–Kier alpha value is -2.99. The number of nitrogens with zero attached hydrogens (tertiary/aromatic N) is 3. The average Bonchev–Trinajstić information content (AvgIpc) is 3.36. The van der Waals surface area contributed by atoms with E-state index in [4.69, 9.17) is 9.47 Å². The van der Waals surface area contributed by atoms with Crippen molar-refractivity contribution in [3.05, 3.63) is 102 Å². The SMILES string of the molecule is C[C@@H](SC1COC(C=CC=Cc2ccc(F)cc2F)OC1)[C@](O)(Cn1cncn1)c1ccc(F)cc1F. The summed E-state index contributed by atoms with van der Waals surface area (Å²) in [7, 11) is 0. The van der Waals surface area contributed by atoms with Crippen LogP contribution < -0.4 is 0 Å². The third-order valence-corrected chi connectivity index (χ3v) is 7.30. The summed E-state index contributed by atoms with van der Waals surface area (Å²) < 4.78 is 67.8. The van der Waals surface area contributed by atoms with Crippen LogP contribution in [0.25, 0.3) is 6.08 Å². The fraction of sp³-hybridized carbons (Fsp3) is 0.308. The Labute approximate surface area is 215 Å². The molecule has 11 heteroatoms. The molecule has 0 amide bonds. The zero-order valence-corrected chi connectivity index (χ0v) is 20.6. The van der Waals surface area contributed by atoms with Gasteiger partial charge in [0.2, 0.25) is 0 Å². The molecule has 4 rings (SSSR count). The number of allylic oxidation sites excluding steroid dienone is 2. The molecule has 1 aliphatic heterocycles. The maximum absolute atomic E-state index is 14.7. The van der Waals surface area contributed by atoms with Gasteiger partial charge in [-0.3, -0.25) is 0 Å². The Kier molecular flexibility index (Phi) is 8.80. The van der Waals surface area contributed by atoms with Gasteiger partial charge in [-0.05, 0) is 24.3 Å². The number of aliphatic hydroxyl groups is 1. The standard InChI is InChI=1S/C26H25F4N3O3S/c1-17(26(34,14-33-16-31-15-32-33)22-9-8-20(28)11-24(22)30)37-21-12-35-25(36-13-21)5-3-2-4-18-6-7-19(27)10-23(18)29/h2-11,15-17,21,25,34H,12-14H2,1H3/t17-,21?,25?,26-/m1/s1. The monoisotopic (exact) mass is 535 g/mol. The second-order valence-corrected chi connectivity index (χ2v) is 10.1. The Bertz CT molecular complexity index is 1250. The maximum atomic E-state index is 14.7. The van der Waals surface area contributed by atoms with Crippen LogP contribution in [0, 0.1) is 23.3 Å². The molecule has 1 saturated heterocycles. The first-order valence-electron chi connectivity index (χ1n) is 11.4. The van der Waals surface area contributed by atoms with Gasteiger partial charge in [-0.25, -0.2) is 27.2 Å². The van der Waals surface area contributed by atoms with Gasteiger partial charge in [0.05, 0.1) is 25.0 Å². The highest BCUT2D eigenvalue weighted by atomic mass is 32.2. The summed E-state index contributed by atoms with van der Waals surface area (Å²) in [4.78, 5) is 3.87. The lowest BCUT2D eigenvalue weighted by molar-refractivity contribution is -0.146. The van der Waals surface area contributed by atoms with Gasteiger partial charge >= 0.3 is 0 Å². The van der Waals surface area contributed by atoms with E-state index in [9.17, 15) is 22.7 Å². The van der Waals surface area contributed by atoms with Crippen molar-refractivity contribution in [2.75, 3.05) is 13.2 Å². The predicted octanol–water partition coefficient (Wildman–Crippen LogP) is 4.86. The van der Waals surface area contributed by atoms with Crippen LogP contribution in [0.4, 0.5) is 17.6 Å². The van der Waals surface area contributed by atoms with Crippen molar-refractivity contribution >= 4 is 17.8 Å². The highest BCUT2D eigenvalue weighted by molar-refractivity contribution is 8.00. The lowest BCUT2D eigenvalue weighted by atomic mass is 9.90. The van der Waals surface area contributed by atoms with E-state index in [0.29, 0.717) is 13.2 Å². The maximum Gasteiger partial charge on any atom is 0.177 e. The second-order valence-electron chi connectivity index (χ2n) is 8.49. The van der Waals surface area contributed by atoms with Gasteiger partial charge in [0.1, 0.15) is 41.5 Å². The summed E-state index contributed by atoms with van der Waals surface area (Å²) in [6.45, 7) is 2.25. The van der Waals surface area contributed by atoms with Crippen molar-refractivity contribution in [3.63, 3.8) is 0 Å². The number of halogens is 4. The van der Waals surface area contributed by atoms with Crippen LogP contribution in [0.5, 0.6) is 0 Å². The molecule has 196 valence electrons. The first-order chi connectivity index (χ1) is 17.7. The third kappa shape index (κ3) is 6.86. The Morgan fingerprint density at radius 1 is 1.08 bits per heavy atom. The lowest BCUT2D eigenvalue weighted by Crippen LogP contribution is -2.43. The van der Waals surface area contributed by atoms with E-state index in [2.05, 4.69) is 10.1 Å². The van der Waals surface area contributed by atoms with Crippen molar-refractivity contribution in [1.82, 2.24) is 14.8 Å². The summed E-state index contributed by atoms with van der Waals surface area (Å²) in [6, 6.07) is 6.40. The topological polar surface area (TPSA) is 69.4 Å². The normalized spacial score (nSPS) is 20.9. The number of ether oxygens (including phenoxy) is 2. The molecule has 1 aromatic heterocycles. The van der Waals surface area contributed by atoms with Crippen LogP contribution in [0.2, 0.25) is 0 Å². The van der Waals surface area contributed by atoms with Gasteiger partial charge < -0.3 is 14.6 Å². The molecule has 6 nitrogen and oxygen atoms in total. The fourth-order valence-electron chi connectivity index (χ4n) is 3.88. The Morgan fingerprint density at radius 3 is 2.43 bits per heavy atom. The molecule has 0 aliphatic carbocycles. The van der Waals surface area contributed by atoms with Gasteiger partial charge in [0.25, 0.3) is 0 Å². The van der Waals surface area contributed by atoms with Crippen molar-refractivity contribution in [2.24, 2.45) is 0 Å². The number of thioether (sulfide) groups is 1. The quantitative estimate of drug-likeness (QED) is 0.312. The minimum absolute atomic E-state index is 0.0489. The van der Waals surface area contributed by atoms with E-state index in [1.54, 1.807) is 25.2 Å². The van der Waals surface area contributed by atoms with Gasteiger partial charge in [0.15, 0.2) is 6.29 Å². The molecule has 0 bridgehead atoms. The predicted molar refractivity (Wildman–Crippen MR) is 131 cm³/mol. The van der Waals surface area contributed by atoms with Crippen molar-refractivity contribution in [1.29, 1.82) is 0 Å². The van der Waals surface area contributed by atoms with Crippen LogP contribution in [0.15, 0.2) is 67.3 Å². The minimum atomic E-state index is -1.73. The van der Waals surface area contributed by atoms with Gasteiger partial charge in [-0.1, -0.05) is 31.2 Å². The zero-order chi connectivity index (χ0) is 26.4. The van der Waals surface area contributed by atoms with E-state index in [-0.39, 0.29) is 22.9 Å². The molecule has 2 atom stereocenters. The van der Waals surface area contributed by atoms with Crippen LogP contribution >= 0.6 is 11.8 Å². The molecule has 1 aliphatic rings. The van der Waals surface area contributed by atoms with Crippen LogP contribution in [-0.4, -0.2) is 49.9 Å². The van der Waals surface area contributed by atoms with Crippen molar-refractivity contribution < 1.29 is 32.1 Å². The second kappa shape index (κ2) is 12.0. The number of benzene rings is 2. The zero-order valence-electron chi connectivity index (χ0n) is 19.8. The van der Waals surface area contributed by atoms with Crippen LogP contribution in [0.1, 0.15) is 18.1 Å². The molecule has 0 saturated carbocycles. The smallest absolute Gasteiger partial charge is 0.177 e. The summed E-state index contributed by atoms with van der Waals surface area (Å²) in [5.41, 5.74) is -1.53. The average molecular weight is 536 g/mol. The first-order valence-corrected chi connectivity index (χ1v) is 12.4. The highest BCUT2D eigenvalue weighted by Crippen LogP contribution is 2.38. The molecule has 1 fully saturated rings. The number of rotatable bonds is 9. The number of hydrogen-bond acceptors (Lipinski definition) is 6. The highest BCUT2D eigenvalue weighted by Gasteiger charge is 2.41. The van der Waals surface area contributed by atoms with Crippen molar-refractivity contribution in [3.8, 4) is 0 Å². The fourth-order valence-corrected chi connectivity index (χ4v) is 5.20. The summed E-state index contributed by atoms with van der Waals surface area (Å²) >= 11 is 1.36. The Balaban J connectivity index is 1.36. The molecular formula is C26H25F4N3O3S. The van der Waals surface area contributed by atoms with Crippen LogP contribution in [-0.2, 0) is 21.6 Å². The van der Waals surface area contributed by atoms with E-state index < -0.39 is 40.4 Å². The lowest BCUT2D eigenvalue weighted by Gasteiger charge is -2.37. The van der Waals surface area contributed by atoms with Gasteiger partial charge in [-0.15, -0.1) is 11.8 Å². The molecule has 3 aromatic rings. The summed E-state index contributed by atoms with van der Waals surface area (Å²) in [5, 5.41) is 14.9. The molecule has 0 radical (unpaired) electrons. The molecule has 2 heterocycles. The van der Waals surface area contributed by atoms with E-state index in [1.165, 1.54) is 53.4 Å². The van der Waals surface area contributed by atoms with Crippen LogP contribution in [0.3, 0.4) is 0 Å². The molecule has 1 N–H and O–H groups in total. The molecule has 2 aromatic carbocycles. The molecule has 0 spiro atoms. The third-order valence-electron chi connectivity index (χ3n) is 5.85.